The third kappa shape index (κ3) is 3.15. The minimum Gasteiger partial charge on any atom is -0.468 e. The van der Waals surface area contributed by atoms with E-state index < -0.39 is 0 Å². The van der Waals surface area contributed by atoms with E-state index in [1.807, 2.05) is 30.3 Å². The van der Waals surface area contributed by atoms with Crippen LogP contribution in [0.4, 0.5) is 0 Å². The van der Waals surface area contributed by atoms with Gasteiger partial charge in [-0.05, 0) is 5.56 Å². The maximum atomic E-state index is 8.34. The summed E-state index contributed by atoms with van der Waals surface area (Å²) >= 11 is 0. The van der Waals surface area contributed by atoms with Gasteiger partial charge in [-0.25, -0.2) is 10.3 Å². The molecule has 4 nitrogen and oxygen atoms in total. The molecule has 1 rings (SSSR count). The Labute approximate surface area is 82.8 Å². The van der Waals surface area contributed by atoms with Crippen molar-refractivity contribution in [3.63, 3.8) is 0 Å². The number of hydrogen-bond acceptors (Lipinski definition) is 3. The number of hydrogen-bond donors (Lipinski definition) is 1. The first-order chi connectivity index (χ1) is 6.86. The van der Waals surface area contributed by atoms with Gasteiger partial charge in [0.1, 0.15) is 0 Å². The van der Waals surface area contributed by atoms with Crippen molar-refractivity contribution in [1.29, 1.82) is 5.26 Å². The van der Waals surface area contributed by atoms with Crippen molar-refractivity contribution in [2.45, 2.75) is 6.54 Å². The van der Waals surface area contributed by atoms with E-state index in [0.29, 0.717) is 6.54 Å². The van der Waals surface area contributed by atoms with E-state index in [0.717, 1.165) is 5.56 Å². The van der Waals surface area contributed by atoms with Gasteiger partial charge in [0.15, 0.2) is 6.19 Å². The van der Waals surface area contributed by atoms with Crippen LogP contribution in [0, 0.1) is 11.5 Å². The molecule has 0 atom stereocenters. The zero-order valence-electron chi connectivity index (χ0n) is 7.90. The molecular formula is C10H11N3O. The second kappa shape index (κ2) is 5.60. The first kappa shape index (κ1) is 10.1. The summed E-state index contributed by atoms with van der Waals surface area (Å²) in [5.74, 6) is 0. The molecule has 0 aliphatic rings. The van der Waals surface area contributed by atoms with Crippen LogP contribution in [0.2, 0.25) is 0 Å². The minimum atomic E-state index is 0.233. The molecule has 14 heavy (non-hydrogen) atoms. The van der Waals surface area contributed by atoms with E-state index >= 15 is 0 Å². The van der Waals surface area contributed by atoms with E-state index in [9.17, 15) is 0 Å². The molecule has 0 fully saturated rings. The molecule has 0 saturated carbocycles. The van der Waals surface area contributed by atoms with E-state index in [1.54, 1.807) is 6.19 Å². The smallest absolute Gasteiger partial charge is 0.298 e. The van der Waals surface area contributed by atoms with Crippen LogP contribution in [0.15, 0.2) is 35.3 Å². The molecule has 0 spiro atoms. The molecular weight excluding hydrogens is 178 g/mol. The van der Waals surface area contributed by atoms with Crippen molar-refractivity contribution >= 4 is 6.02 Å². The molecule has 0 aliphatic carbocycles. The summed E-state index contributed by atoms with van der Waals surface area (Å²) in [5, 5.41) is 10.7. The third-order valence-electron chi connectivity index (χ3n) is 1.60. The minimum absolute atomic E-state index is 0.233. The molecule has 0 saturated heterocycles. The molecule has 0 heterocycles. The van der Waals surface area contributed by atoms with Crippen molar-refractivity contribution in [3.05, 3.63) is 35.9 Å². The summed E-state index contributed by atoms with van der Waals surface area (Å²) in [4.78, 5) is 4.06. The molecule has 4 heteroatoms. The van der Waals surface area contributed by atoms with Gasteiger partial charge in [0.25, 0.3) is 6.02 Å². The van der Waals surface area contributed by atoms with Crippen LogP contribution in [-0.4, -0.2) is 13.1 Å². The van der Waals surface area contributed by atoms with Gasteiger partial charge in [-0.2, -0.15) is 5.26 Å². The molecule has 72 valence electrons. The molecule has 0 aliphatic heterocycles. The summed E-state index contributed by atoms with van der Waals surface area (Å²) in [7, 11) is 1.47. The number of benzene rings is 1. The number of nitrogens with one attached hydrogen (secondary N) is 1. The number of rotatable bonds is 2. The Morgan fingerprint density at radius 3 is 2.79 bits per heavy atom. The molecule has 0 radical (unpaired) electrons. The molecule has 1 N–H and O–H groups in total. The highest BCUT2D eigenvalue weighted by molar-refractivity contribution is 5.74. The summed E-state index contributed by atoms with van der Waals surface area (Å²) in [5.41, 5.74) is 1.07. The Kier molecular flexibility index (Phi) is 4.02. The maximum absolute atomic E-state index is 8.34. The summed E-state index contributed by atoms with van der Waals surface area (Å²) < 4.78 is 4.83. The van der Waals surface area contributed by atoms with Gasteiger partial charge in [0, 0.05) is 0 Å². The lowest BCUT2D eigenvalue weighted by Crippen LogP contribution is -2.19. The van der Waals surface area contributed by atoms with Crippen LogP contribution in [0.1, 0.15) is 5.56 Å². The zero-order valence-corrected chi connectivity index (χ0v) is 7.90. The zero-order chi connectivity index (χ0) is 10.2. The van der Waals surface area contributed by atoms with Gasteiger partial charge < -0.3 is 4.74 Å². The molecule has 0 unspecified atom stereocenters. The molecule has 0 aromatic heterocycles. The number of nitrogens with zero attached hydrogens (tertiary/aromatic N) is 2. The summed E-state index contributed by atoms with van der Waals surface area (Å²) in [6.07, 6.45) is 1.75. The number of ether oxygens (including phenoxy) is 1. The normalized spacial score (nSPS) is 10.4. The number of aliphatic imine (C=N–C) groups is 1. The number of nitriles is 1. The number of amidine groups is 1. The fourth-order valence-electron chi connectivity index (χ4n) is 0.949. The second-order valence-corrected chi connectivity index (χ2v) is 2.55. The van der Waals surface area contributed by atoms with Crippen molar-refractivity contribution in [3.8, 4) is 6.19 Å². The first-order valence-electron chi connectivity index (χ1n) is 4.14. The fraction of sp³-hybridized carbons (Fsp3) is 0.200. The highest BCUT2D eigenvalue weighted by Crippen LogP contribution is 1.99. The Morgan fingerprint density at radius 1 is 1.50 bits per heavy atom. The Hall–Kier alpha value is -2.02. The van der Waals surface area contributed by atoms with Crippen LogP contribution in [0.5, 0.6) is 0 Å². The Morgan fingerprint density at radius 2 is 2.21 bits per heavy atom. The lowest BCUT2D eigenvalue weighted by atomic mass is 10.2. The van der Waals surface area contributed by atoms with Gasteiger partial charge in [-0.3, -0.25) is 0 Å². The second-order valence-electron chi connectivity index (χ2n) is 2.55. The maximum Gasteiger partial charge on any atom is 0.298 e. The summed E-state index contributed by atoms with van der Waals surface area (Å²) in [6.45, 7) is 0.499. The predicted molar refractivity (Wildman–Crippen MR) is 53.3 cm³/mol. The van der Waals surface area contributed by atoms with E-state index in [2.05, 4.69) is 10.3 Å². The SMILES string of the molecule is COC(=NCc1ccccc1)NC#N. The highest BCUT2D eigenvalue weighted by atomic mass is 16.5. The van der Waals surface area contributed by atoms with Crippen LogP contribution >= 0.6 is 0 Å². The molecule has 0 amide bonds. The van der Waals surface area contributed by atoms with Crippen LogP contribution in [-0.2, 0) is 11.3 Å². The van der Waals surface area contributed by atoms with Gasteiger partial charge in [0.05, 0.1) is 13.7 Å². The summed E-state index contributed by atoms with van der Waals surface area (Å²) in [6, 6.07) is 9.98. The van der Waals surface area contributed by atoms with E-state index in [-0.39, 0.29) is 6.02 Å². The average molecular weight is 189 g/mol. The Balaban J connectivity index is 2.58. The van der Waals surface area contributed by atoms with E-state index in [1.165, 1.54) is 7.11 Å². The van der Waals surface area contributed by atoms with Crippen LogP contribution in [0.25, 0.3) is 0 Å². The predicted octanol–water partition coefficient (Wildman–Crippen LogP) is 1.26. The van der Waals surface area contributed by atoms with Crippen molar-refractivity contribution < 1.29 is 4.74 Å². The molecule has 0 bridgehead atoms. The van der Waals surface area contributed by atoms with Gasteiger partial charge >= 0.3 is 0 Å². The quantitative estimate of drug-likeness (QED) is 0.330. The molecule has 1 aromatic rings. The van der Waals surface area contributed by atoms with Crippen molar-refractivity contribution in [1.82, 2.24) is 5.32 Å². The first-order valence-corrected chi connectivity index (χ1v) is 4.14. The van der Waals surface area contributed by atoms with Gasteiger partial charge in [-0.15, -0.1) is 0 Å². The lowest BCUT2D eigenvalue weighted by Gasteiger charge is -2.01. The van der Waals surface area contributed by atoms with E-state index in [4.69, 9.17) is 10.00 Å². The van der Waals surface area contributed by atoms with Gasteiger partial charge in [0.2, 0.25) is 0 Å². The van der Waals surface area contributed by atoms with Crippen molar-refractivity contribution in [2.24, 2.45) is 4.99 Å². The monoisotopic (exact) mass is 189 g/mol. The highest BCUT2D eigenvalue weighted by Gasteiger charge is 1.94. The molecule has 1 aromatic carbocycles. The average Bonchev–Trinajstić information content (AvgIpc) is 2.25. The topological polar surface area (TPSA) is 57.4 Å². The largest absolute Gasteiger partial charge is 0.468 e. The third-order valence-corrected chi connectivity index (χ3v) is 1.60. The number of methoxy groups -OCH3 is 1. The fourth-order valence-corrected chi connectivity index (χ4v) is 0.949. The van der Waals surface area contributed by atoms with Crippen molar-refractivity contribution in [2.75, 3.05) is 7.11 Å². The standard InChI is InChI=1S/C10H11N3O/c1-14-10(13-8-11)12-7-9-5-3-2-4-6-9/h2-6H,7H2,1H3,(H,12,13). The van der Waals surface area contributed by atoms with Crippen LogP contribution in [0.3, 0.4) is 0 Å². The van der Waals surface area contributed by atoms with Crippen LogP contribution < -0.4 is 5.32 Å². The lowest BCUT2D eigenvalue weighted by molar-refractivity contribution is 0.386. The van der Waals surface area contributed by atoms with Gasteiger partial charge in [-0.1, -0.05) is 30.3 Å². The Bertz CT molecular complexity index is 340.